The van der Waals surface area contributed by atoms with Crippen LogP contribution in [-0.2, 0) is 0 Å². The van der Waals surface area contributed by atoms with Crippen LogP contribution in [-0.4, -0.2) is 57.1 Å². The van der Waals surface area contributed by atoms with Gasteiger partial charge in [0.15, 0.2) is 0 Å². The lowest BCUT2D eigenvalue weighted by Gasteiger charge is -2.30. The Morgan fingerprint density at radius 3 is 2.68 bits per heavy atom. The van der Waals surface area contributed by atoms with E-state index in [1.54, 1.807) is 0 Å². The smallest absolute Gasteiger partial charge is 0.0469 e. The van der Waals surface area contributed by atoms with E-state index >= 15 is 0 Å². The number of hydrogen-bond acceptors (Lipinski definition) is 3. The van der Waals surface area contributed by atoms with Crippen molar-refractivity contribution in [3.05, 3.63) is 35.9 Å². The minimum atomic E-state index is 0.470. The monoisotopic (exact) mass is 261 g/mol. The van der Waals surface area contributed by atoms with Crippen molar-refractivity contribution in [2.75, 3.05) is 47.3 Å². The van der Waals surface area contributed by atoms with E-state index in [1.165, 1.54) is 31.6 Å². The van der Waals surface area contributed by atoms with Crippen LogP contribution in [0.4, 0.5) is 0 Å². The molecule has 0 amide bonds. The Kier molecular flexibility index (Phi) is 5.37. The Labute approximate surface area is 117 Å². The standard InChI is InChI=1S/C16H27N3/c1-17-11-16(15-7-5-4-6-8-15)19(3)13-14-9-10-18(2)12-14/h4-8,14,16-17H,9-13H2,1-3H3. The SMILES string of the molecule is CNCC(c1ccccc1)N(C)CC1CCN(C)C1. The summed E-state index contributed by atoms with van der Waals surface area (Å²) in [5.74, 6) is 0.818. The fourth-order valence-corrected chi connectivity index (χ4v) is 3.11. The van der Waals surface area contributed by atoms with Gasteiger partial charge in [-0.15, -0.1) is 0 Å². The molecule has 2 atom stereocenters. The van der Waals surface area contributed by atoms with Crippen LogP contribution < -0.4 is 5.32 Å². The maximum Gasteiger partial charge on any atom is 0.0469 e. The Morgan fingerprint density at radius 2 is 2.11 bits per heavy atom. The molecule has 0 aliphatic carbocycles. The van der Waals surface area contributed by atoms with Crippen LogP contribution in [0.2, 0.25) is 0 Å². The number of benzene rings is 1. The number of rotatable bonds is 6. The van der Waals surface area contributed by atoms with E-state index < -0.39 is 0 Å². The van der Waals surface area contributed by atoms with Crippen molar-refractivity contribution < 1.29 is 0 Å². The van der Waals surface area contributed by atoms with Gasteiger partial charge in [-0.05, 0) is 45.6 Å². The van der Waals surface area contributed by atoms with Crippen LogP contribution in [0.3, 0.4) is 0 Å². The lowest BCUT2D eigenvalue weighted by atomic mass is 10.0. The summed E-state index contributed by atoms with van der Waals surface area (Å²) in [7, 11) is 6.52. The van der Waals surface area contributed by atoms with Gasteiger partial charge in [0.05, 0.1) is 0 Å². The molecule has 1 fully saturated rings. The molecule has 0 aromatic heterocycles. The molecular weight excluding hydrogens is 234 g/mol. The fraction of sp³-hybridized carbons (Fsp3) is 0.625. The van der Waals surface area contributed by atoms with E-state index in [-0.39, 0.29) is 0 Å². The predicted molar refractivity (Wildman–Crippen MR) is 81.3 cm³/mol. The molecule has 1 aromatic carbocycles. The number of nitrogens with zero attached hydrogens (tertiary/aromatic N) is 2. The van der Waals surface area contributed by atoms with Crippen molar-refractivity contribution in [3.8, 4) is 0 Å². The van der Waals surface area contributed by atoms with Crippen molar-refractivity contribution in [3.63, 3.8) is 0 Å². The second-order valence-corrected chi connectivity index (χ2v) is 5.84. The Balaban J connectivity index is 1.98. The molecule has 2 unspecified atom stereocenters. The molecule has 0 spiro atoms. The summed E-state index contributed by atoms with van der Waals surface area (Å²) in [6.07, 6.45) is 1.34. The molecule has 3 heteroatoms. The highest BCUT2D eigenvalue weighted by Crippen LogP contribution is 2.22. The molecule has 1 heterocycles. The Hall–Kier alpha value is -0.900. The minimum Gasteiger partial charge on any atom is -0.318 e. The predicted octanol–water partition coefficient (Wildman–Crippen LogP) is 1.83. The number of likely N-dealkylation sites (tertiary alicyclic amines) is 1. The fourth-order valence-electron chi connectivity index (χ4n) is 3.11. The third kappa shape index (κ3) is 4.03. The van der Waals surface area contributed by atoms with Crippen LogP contribution in [0.1, 0.15) is 18.0 Å². The molecule has 19 heavy (non-hydrogen) atoms. The van der Waals surface area contributed by atoms with Gasteiger partial charge in [-0.1, -0.05) is 30.3 Å². The van der Waals surface area contributed by atoms with E-state index in [9.17, 15) is 0 Å². The number of hydrogen-bond donors (Lipinski definition) is 1. The molecule has 1 aromatic rings. The topological polar surface area (TPSA) is 18.5 Å². The van der Waals surface area contributed by atoms with Gasteiger partial charge in [-0.25, -0.2) is 0 Å². The third-order valence-electron chi connectivity index (χ3n) is 4.15. The highest BCUT2D eigenvalue weighted by atomic mass is 15.2. The molecule has 1 aliphatic heterocycles. The maximum atomic E-state index is 3.33. The zero-order valence-electron chi connectivity index (χ0n) is 12.5. The second-order valence-electron chi connectivity index (χ2n) is 5.84. The van der Waals surface area contributed by atoms with Gasteiger partial charge in [-0.2, -0.15) is 0 Å². The number of likely N-dealkylation sites (N-methyl/N-ethyl adjacent to an activating group) is 2. The molecule has 1 aliphatic rings. The van der Waals surface area contributed by atoms with Gasteiger partial charge < -0.3 is 10.2 Å². The molecule has 106 valence electrons. The van der Waals surface area contributed by atoms with E-state index in [0.29, 0.717) is 6.04 Å². The minimum absolute atomic E-state index is 0.470. The zero-order valence-corrected chi connectivity index (χ0v) is 12.5. The summed E-state index contributed by atoms with van der Waals surface area (Å²) >= 11 is 0. The van der Waals surface area contributed by atoms with Crippen molar-refractivity contribution in [2.45, 2.75) is 12.5 Å². The van der Waals surface area contributed by atoms with E-state index in [0.717, 1.165) is 12.5 Å². The summed E-state index contributed by atoms with van der Waals surface area (Å²) in [6, 6.07) is 11.3. The third-order valence-corrected chi connectivity index (χ3v) is 4.15. The van der Waals surface area contributed by atoms with Crippen molar-refractivity contribution >= 4 is 0 Å². The molecular formula is C16H27N3. The first-order valence-corrected chi connectivity index (χ1v) is 7.29. The average molecular weight is 261 g/mol. The largest absolute Gasteiger partial charge is 0.318 e. The van der Waals surface area contributed by atoms with Crippen LogP contribution in [0.5, 0.6) is 0 Å². The second kappa shape index (κ2) is 7.04. The van der Waals surface area contributed by atoms with Gasteiger partial charge in [-0.3, -0.25) is 4.90 Å². The molecule has 0 bridgehead atoms. The van der Waals surface area contributed by atoms with Gasteiger partial charge in [0.1, 0.15) is 0 Å². The van der Waals surface area contributed by atoms with Crippen LogP contribution in [0.25, 0.3) is 0 Å². The lowest BCUT2D eigenvalue weighted by molar-refractivity contribution is 0.205. The van der Waals surface area contributed by atoms with Gasteiger partial charge in [0, 0.05) is 25.7 Å². The Morgan fingerprint density at radius 1 is 1.37 bits per heavy atom. The quantitative estimate of drug-likeness (QED) is 0.843. The van der Waals surface area contributed by atoms with E-state index in [2.05, 4.69) is 59.5 Å². The van der Waals surface area contributed by atoms with Gasteiger partial charge in [0.2, 0.25) is 0 Å². The van der Waals surface area contributed by atoms with E-state index in [4.69, 9.17) is 0 Å². The molecule has 2 rings (SSSR count). The summed E-state index contributed by atoms with van der Waals surface area (Å²) in [4.78, 5) is 4.95. The maximum absolute atomic E-state index is 3.33. The van der Waals surface area contributed by atoms with E-state index in [1.807, 2.05) is 7.05 Å². The van der Waals surface area contributed by atoms with Gasteiger partial charge >= 0.3 is 0 Å². The lowest BCUT2D eigenvalue weighted by Crippen LogP contribution is -2.35. The summed E-state index contributed by atoms with van der Waals surface area (Å²) in [6.45, 7) is 4.68. The normalized spacial score (nSPS) is 22.0. The van der Waals surface area contributed by atoms with Crippen molar-refractivity contribution in [1.82, 2.24) is 15.1 Å². The van der Waals surface area contributed by atoms with Crippen LogP contribution in [0.15, 0.2) is 30.3 Å². The molecule has 0 saturated carbocycles. The molecule has 1 saturated heterocycles. The molecule has 1 N–H and O–H groups in total. The highest BCUT2D eigenvalue weighted by molar-refractivity contribution is 5.19. The molecule has 0 radical (unpaired) electrons. The van der Waals surface area contributed by atoms with Crippen molar-refractivity contribution in [1.29, 1.82) is 0 Å². The first-order chi connectivity index (χ1) is 9.20. The van der Waals surface area contributed by atoms with Crippen LogP contribution >= 0.6 is 0 Å². The first-order valence-electron chi connectivity index (χ1n) is 7.29. The first kappa shape index (κ1) is 14.5. The number of nitrogens with one attached hydrogen (secondary N) is 1. The average Bonchev–Trinajstić information content (AvgIpc) is 2.82. The summed E-state index contributed by atoms with van der Waals surface area (Å²) in [5, 5.41) is 3.33. The Bertz CT molecular complexity index is 366. The van der Waals surface area contributed by atoms with Crippen molar-refractivity contribution in [2.24, 2.45) is 5.92 Å². The summed E-state index contributed by atoms with van der Waals surface area (Å²) in [5.41, 5.74) is 1.41. The van der Waals surface area contributed by atoms with Gasteiger partial charge in [0.25, 0.3) is 0 Å². The zero-order chi connectivity index (χ0) is 13.7. The van der Waals surface area contributed by atoms with Crippen LogP contribution in [0, 0.1) is 5.92 Å². The molecule has 3 nitrogen and oxygen atoms in total. The summed E-state index contributed by atoms with van der Waals surface area (Å²) < 4.78 is 0. The highest BCUT2D eigenvalue weighted by Gasteiger charge is 2.24.